The first-order chi connectivity index (χ1) is 11.1. The molecule has 0 aliphatic carbocycles. The molecule has 1 N–H and O–H groups in total. The second-order valence-electron chi connectivity index (χ2n) is 5.19. The van der Waals surface area contributed by atoms with Gasteiger partial charge in [-0.05, 0) is 43.0 Å². The van der Waals surface area contributed by atoms with Gasteiger partial charge in [0, 0.05) is 22.4 Å². The summed E-state index contributed by atoms with van der Waals surface area (Å²) in [6.07, 6.45) is 1.19. The number of thiophene rings is 1. The van der Waals surface area contributed by atoms with Crippen molar-refractivity contribution in [2.45, 2.75) is 19.8 Å². The predicted octanol–water partition coefficient (Wildman–Crippen LogP) is 4.47. The molecule has 0 bridgehead atoms. The maximum absolute atomic E-state index is 12.2. The number of nitrogens with zero attached hydrogens (tertiary/aromatic N) is 2. The van der Waals surface area contributed by atoms with E-state index in [1.54, 1.807) is 22.1 Å². The Morgan fingerprint density at radius 2 is 2.17 bits per heavy atom. The average Bonchev–Trinajstić information content (AvgIpc) is 3.15. The molecule has 118 valence electrons. The lowest BCUT2D eigenvalue weighted by Gasteiger charge is -2.09. The zero-order chi connectivity index (χ0) is 16.2. The molecule has 0 spiro atoms. The molecule has 1 aromatic carbocycles. The first-order valence-corrected chi connectivity index (χ1v) is 8.52. The van der Waals surface area contributed by atoms with Gasteiger partial charge in [0.1, 0.15) is 5.82 Å². The van der Waals surface area contributed by atoms with E-state index >= 15 is 0 Å². The summed E-state index contributed by atoms with van der Waals surface area (Å²) in [4.78, 5) is 13.4. The Morgan fingerprint density at radius 3 is 2.91 bits per heavy atom. The number of benzene rings is 1. The summed E-state index contributed by atoms with van der Waals surface area (Å²) in [5.41, 5.74) is 1.65. The normalized spacial score (nSPS) is 10.7. The highest BCUT2D eigenvalue weighted by Crippen LogP contribution is 2.20. The molecule has 0 fully saturated rings. The molecule has 0 atom stereocenters. The SMILES string of the molecule is Cc1cc(NC(=O)CCc2cccs2)n(-c2cccc(Cl)c2)n1. The van der Waals surface area contributed by atoms with Gasteiger partial charge in [-0.3, -0.25) is 4.79 Å². The summed E-state index contributed by atoms with van der Waals surface area (Å²) < 4.78 is 1.70. The molecular weight excluding hydrogens is 330 g/mol. The molecule has 2 heterocycles. The van der Waals surface area contributed by atoms with E-state index in [-0.39, 0.29) is 5.91 Å². The number of hydrogen-bond donors (Lipinski definition) is 1. The van der Waals surface area contributed by atoms with E-state index < -0.39 is 0 Å². The van der Waals surface area contributed by atoms with Crippen LogP contribution in [0.4, 0.5) is 5.82 Å². The first kappa shape index (κ1) is 15.8. The minimum Gasteiger partial charge on any atom is -0.311 e. The van der Waals surface area contributed by atoms with Crippen molar-refractivity contribution in [3.05, 3.63) is 63.4 Å². The Hall–Kier alpha value is -2.11. The molecular formula is C17H16ClN3OS. The lowest BCUT2D eigenvalue weighted by Crippen LogP contribution is -2.15. The molecule has 0 saturated heterocycles. The van der Waals surface area contributed by atoms with Crippen LogP contribution in [0.1, 0.15) is 17.0 Å². The third kappa shape index (κ3) is 4.00. The maximum atomic E-state index is 12.2. The summed E-state index contributed by atoms with van der Waals surface area (Å²) in [6, 6.07) is 13.3. The molecule has 2 aromatic heterocycles. The minimum absolute atomic E-state index is 0.0263. The zero-order valence-corrected chi connectivity index (χ0v) is 14.2. The van der Waals surface area contributed by atoms with Crippen LogP contribution in [0.3, 0.4) is 0 Å². The lowest BCUT2D eigenvalue weighted by atomic mass is 10.2. The number of carbonyl (C=O) groups is 1. The molecule has 6 heteroatoms. The average molecular weight is 346 g/mol. The second kappa shape index (κ2) is 6.98. The van der Waals surface area contributed by atoms with E-state index in [0.717, 1.165) is 17.8 Å². The van der Waals surface area contributed by atoms with Gasteiger partial charge < -0.3 is 5.32 Å². The molecule has 23 heavy (non-hydrogen) atoms. The van der Waals surface area contributed by atoms with Crippen LogP contribution in [0.25, 0.3) is 5.69 Å². The summed E-state index contributed by atoms with van der Waals surface area (Å²) >= 11 is 7.70. The van der Waals surface area contributed by atoms with Crippen molar-refractivity contribution in [3.63, 3.8) is 0 Å². The standard InChI is InChI=1S/C17H16ClN3OS/c1-12-10-16(19-17(22)8-7-15-6-3-9-23-15)21(20-12)14-5-2-4-13(18)11-14/h2-6,9-11H,7-8H2,1H3,(H,19,22). The third-order valence-electron chi connectivity index (χ3n) is 3.33. The minimum atomic E-state index is -0.0263. The highest BCUT2D eigenvalue weighted by molar-refractivity contribution is 7.09. The van der Waals surface area contributed by atoms with Crippen molar-refractivity contribution >= 4 is 34.7 Å². The highest BCUT2D eigenvalue weighted by Gasteiger charge is 2.11. The van der Waals surface area contributed by atoms with Crippen molar-refractivity contribution in [2.75, 3.05) is 5.32 Å². The van der Waals surface area contributed by atoms with E-state index in [1.165, 1.54) is 4.88 Å². The smallest absolute Gasteiger partial charge is 0.225 e. The summed E-state index contributed by atoms with van der Waals surface area (Å²) in [5.74, 6) is 0.627. The molecule has 0 aliphatic heterocycles. The summed E-state index contributed by atoms with van der Waals surface area (Å²) in [5, 5.41) is 10.0. The Morgan fingerprint density at radius 1 is 1.30 bits per heavy atom. The van der Waals surface area contributed by atoms with Gasteiger partial charge in [0.2, 0.25) is 5.91 Å². The first-order valence-electron chi connectivity index (χ1n) is 7.26. The Labute approximate surface area is 143 Å². The third-order valence-corrected chi connectivity index (χ3v) is 4.50. The number of halogens is 1. The number of anilines is 1. The summed E-state index contributed by atoms with van der Waals surface area (Å²) in [6.45, 7) is 1.89. The number of aryl methyl sites for hydroxylation is 2. The van der Waals surface area contributed by atoms with Gasteiger partial charge in [0.15, 0.2) is 0 Å². The fraction of sp³-hybridized carbons (Fsp3) is 0.176. The van der Waals surface area contributed by atoms with E-state index in [4.69, 9.17) is 11.6 Å². The van der Waals surface area contributed by atoms with E-state index in [2.05, 4.69) is 10.4 Å². The lowest BCUT2D eigenvalue weighted by molar-refractivity contribution is -0.116. The van der Waals surface area contributed by atoms with Crippen molar-refractivity contribution in [1.29, 1.82) is 0 Å². The molecule has 0 radical (unpaired) electrons. The fourth-order valence-corrected chi connectivity index (χ4v) is 3.18. The van der Waals surface area contributed by atoms with Crippen LogP contribution in [-0.2, 0) is 11.2 Å². The van der Waals surface area contributed by atoms with Crippen LogP contribution in [0.15, 0.2) is 47.8 Å². The van der Waals surface area contributed by atoms with Gasteiger partial charge in [0.05, 0.1) is 11.4 Å². The molecule has 0 unspecified atom stereocenters. The van der Waals surface area contributed by atoms with Crippen molar-refractivity contribution in [3.8, 4) is 5.69 Å². The Kier molecular flexibility index (Phi) is 4.79. The highest BCUT2D eigenvalue weighted by atomic mass is 35.5. The van der Waals surface area contributed by atoms with Crippen LogP contribution < -0.4 is 5.32 Å². The van der Waals surface area contributed by atoms with Crippen LogP contribution >= 0.6 is 22.9 Å². The number of rotatable bonds is 5. The number of aromatic nitrogens is 2. The van der Waals surface area contributed by atoms with Gasteiger partial charge in [0.25, 0.3) is 0 Å². The van der Waals surface area contributed by atoms with Crippen molar-refractivity contribution < 1.29 is 4.79 Å². The van der Waals surface area contributed by atoms with Gasteiger partial charge in [-0.25, -0.2) is 4.68 Å². The van der Waals surface area contributed by atoms with Crippen LogP contribution in [0.5, 0.6) is 0 Å². The van der Waals surface area contributed by atoms with Gasteiger partial charge in [-0.15, -0.1) is 11.3 Å². The van der Waals surface area contributed by atoms with Crippen LogP contribution in [0, 0.1) is 6.92 Å². The van der Waals surface area contributed by atoms with Crippen molar-refractivity contribution in [2.24, 2.45) is 0 Å². The predicted molar refractivity (Wildman–Crippen MR) is 94.6 cm³/mol. The largest absolute Gasteiger partial charge is 0.311 e. The summed E-state index contributed by atoms with van der Waals surface area (Å²) in [7, 11) is 0. The second-order valence-corrected chi connectivity index (χ2v) is 6.66. The van der Waals surface area contributed by atoms with Crippen LogP contribution in [-0.4, -0.2) is 15.7 Å². The van der Waals surface area contributed by atoms with Crippen LogP contribution in [0.2, 0.25) is 5.02 Å². The fourth-order valence-electron chi connectivity index (χ4n) is 2.29. The Balaban J connectivity index is 1.74. The molecule has 1 amide bonds. The van der Waals surface area contributed by atoms with Gasteiger partial charge in [-0.2, -0.15) is 5.10 Å². The number of amides is 1. The maximum Gasteiger partial charge on any atom is 0.225 e. The molecule has 4 nitrogen and oxygen atoms in total. The monoisotopic (exact) mass is 345 g/mol. The number of hydrogen-bond acceptors (Lipinski definition) is 3. The molecule has 3 aromatic rings. The quantitative estimate of drug-likeness (QED) is 0.741. The molecule has 0 saturated carbocycles. The van der Waals surface area contributed by atoms with Crippen molar-refractivity contribution in [1.82, 2.24) is 9.78 Å². The van der Waals surface area contributed by atoms with Gasteiger partial charge in [-0.1, -0.05) is 23.7 Å². The topological polar surface area (TPSA) is 46.9 Å². The Bertz CT molecular complexity index is 811. The number of carbonyl (C=O) groups excluding carboxylic acids is 1. The van der Waals surface area contributed by atoms with Gasteiger partial charge >= 0.3 is 0 Å². The molecule has 0 aliphatic rings. The number of nitrogens with one attached hydrogen (secondary N) is 1. The van der Waals surface area contributed by atoms with E-state index in [9.17, 15) is 4.79 Å². The zero-order valence-electron chi connectivity index (χ0n) is 12.6. The van der Waals surface area contributed by atoms with E-state index in [1.807, 2.05) is 48.7 Å². The van der Waals surface area contributed by atoms with E-state index in [0.29, 0.717) is 17.3 Å². The molecule has 3 rings (SSSR count).